The van der Waals surface area contributed by atoms with E-state index in [4.69, 9.17) is 4.42 Å². The Kier molecular flexibility index (Phi) is 6.01. The van der Waals surface area contributed by atoms with Crippen LogP contribution in [0.5, 0.6) is 0 Å². The Morgan fingerprint density at radius 1 is 1.20 bits per heavy atom. The van der Waals surface area contributed by atoms with Crippen LogP contribution in [-0.2, 0) is 24.0 Å². The highest BCUT2D eigenvalue weighted by molar-refractivity contribution is 7.98. The first-order chi connectivity index (χ1) is 14.5. The summed E-state index contributed by atoms with van der Waals surface area (Å²) in [6.45, 7) is 3.92. The zero-order valence-corrected chi connectivity index (χ0v) is 18.5. The van der Waals surface area contributed by atoms with E-state index >= 15 is 0 Å². The third kappa shape index (κ3) is 4.63. The number of hydrogen-bond donors (Lipinski definition) is 1. The standard InChI is InChI=1S/C21H21N5O2S2/c1-13-4-6-15(7-5-13)22-18(27)10-19-23-16(11-29-19)12-30-21-25-24-20(26(21)3)17-8-9-28-14(17)2/h4-9,11H,10,12H2,1-3H3,(H,22,27). The van der Waals surface area contributed by atoms with E-state index in [0.717, 1.165) is 44.3 Å². The largest absolute Gasteiger partial charge is 0.469 e. The van der Waals surface area contributed by atoms with Crippen LogP contribution in [0, 0.1) is 13.8 Å². The summed E-state index contributed by atoms with van der Waals surface area (Å²) in [5, 5.41) is 15.1. The van der Waals surface area contributed by atoms with E-state index in [1.54, 1.807) is 18.0 Å². The normalized spacial score (nSPS) is 11.0. The molecule has 0 bridgehead atoms. The number of aryl methyl sites for hydroxylation is 2. The van der Waals surface area contributed by atoms with Crippen LogP contribution in [0.15, 0.2) is 51.5 Å². The maximum atomic E-state index is 12.3. The van der Waals surface area contributed by atoms with Gasteiger partial charge in [-0.15, -0.1) is 21.5 Å². The summed E-state index contributed by atoms with van der Waals surface area (Å²) in [6, 6.07) is 9.64. The molecule has 30 heavy (non-hydrogen) atoms. The lowest BCUT2D eigenvalue weighted by molar-refractivity contribution is -0.115. The summed E-state index contributed by atoms with van der Waals surface area (Å²) in [5.74, 6) is 2.18. The van der Waals surface area contributed by atoms with Crippen molar-refractivity contribution in [2.75, 3.05) is 5.32 Å². The lowest BCUT2D eigenvalue weighted by Crippen LogP contribution is -2.14. The zero-order chi connectivity index (χ0) is 21.1. The number of rotatable bonds is 7. The molecule has 0 saturated heterocycles. The van der Waals surface area contributed by atoms with E-state index < -0.39 is 0 Å². The lowest BCUT2D eigenvalue weighted by atomic mass is 10.2. The molecular formula is C21H21N5O2S2. The summed E-state index contributed by atoms with van der Waals surface area (Å²) in [4.78, 5) is 16.8. The van der Waals surface area contributed by atoms with Crippen LogP contribution in [0.2, 0.25) is 0 Å². The van der Waals surface area contributed by atoms with Crippen LogP contribution >= 0.6 is 23.1 Å². The summed E-state index contributed by atoms with van der Waals surface area (Å²) >= 11 is 3.06. The van der Waals surface area contributed by atoms with Crippen LogP contribution in [-0.4, -0.2) is 25.7 Å². The van der Waals surface area contributed by atoms with Crippen molar-refractivity contribution in [2.45, 2.75) is 31.2 Å². The molecule has 0 unspecified atom stereocenters. The van der Waals surface area contributed by atoms with E-state index in [1.165, 1.54) is 11.3 Å². The number of amides is 1. The Bertz CT molecular complexity index is 1160. The van der Waals surface area contributed by atoms with Gasteiger partial charge >= 0.3 is 0 Å². The number of benzene rings is 1. The molecule has 9 heteroatoms. The Balaban J connectivity index is 1.34. The number of thiazole rings is 1. The first-order valence-electron chi connectivity index (χ1n) is 9.36. The molecule has 0 spiro atoms. The predicted molar refractivity (Wildman–Crippen MR) is 119 cm³/mol. The second-order valence-corrected chi connectivity index (χ2v) is 8.75. The highest BCUT2D eigenvalue weighted by Crippen LogP contribution is 2.28. The molecule has 4 rings (SSSR count). The van der Waals surface area contributed by atoms with Gasteiger partial charge in [0.05, 0.1) is 23.9 Å². The third-order valence-electron chi connectivity index (χ3n) is 4.53. The molecule has 0 aliphatic carbocycles. The Morgan fingerprint density at radius 3 is 2.73 bits per heavy atom. The number of nitrogens with zero attached hydrogens (tertiary/aromatic N) is 4. The molecule has 3 aromatic heterocycles. The summed E-state index contributed by atoms with van der Waals surface area (Å²) in [6.07, 6.45) is 1.91. The molecule has 1 amide bonds. The highest BCUT2D eigenvalue weighted by atomic mass is 32.2. The molecule has 1 aromatic carbocycles. The molecular weight excluding hydrogens is 418 g/mol. The van der Waals surface area contributed by atoms with Crippen LogP contribution in [0.4, 0.5) is 5.69 Å². The highest BCUT2D eigenvalue weighted by Gasteiger charge is 2.15. The first kappa shape index (κ1) is 20.4. The number of aromatic nitrogens is 4. The number of anilines is 1. The molecule has 0 aliphatic rings. The topological polar surface area (TPSA) is 85.8 Å². The monoisotopic (exact) mass is 439 g/mol. The van der Waals surface area contributed by atoms with Crippen LogP contribution in [0.25, 0.3) is 11.4 Å². The van der Waals surface area contributed by atoms with Gasteiger partial charge < -0.3 is 14.3 Å². The number of furan rings is 1. The van der Waals surface area contributed by atoms with Crippen LogP contribution in [0.3, 0.4) is 0 Å². The van der Waals surface area contributed by atoms with Crippen molar-refractivity contribution < 1.29 is 9.21 Å². The van der Waals surface area contributed by atoms with Crippen LogP contribution in [0.1, 0.15) is 22.0 Å². The van der Waals surface area contributed by atoms with E-state index in [9.17, 15) is 4.79 Å². The second-order valence-electron chi connectivity index (χ2n) is 6.87. The quantitative estimate of drug-likeness (QED) is 0.423. The van der Waals surface area contributed by atoms with Crippen molar-refractivity contribution >= 4 is 34.7 Å². The number of carbonyl (C=O) groups excluding carboxylic acids is 1. The summed E-state index contributed by atoms with van der Waals surface area (Å²) in [5.41, 5.74) is 3.81. The van der Waals surface area contributed by atoms with Gasteiger partial charge in [-0.05, 0) is 32.0 Å². The van der Waals surface area contributed by atoms with Crippen molar-refractivity contribution in [2.24, 2.45) is 7.05 Å². The van der Waals surface area contributed by atoms with Crippen molar-refractivity contribution in [1.82, 2.24) is 19.7 Å². The van der Waals surface area contributed by atoms with Gasteiger partial charge in [-0.3, -0.25) is 4.79 Å². The minimum Gasteiger partial charge on any atom is -0.469 e. The zero-order valence-electron chi connectivity index (χ0n) is 16.9. The van der Waals surface area contributed by atoms with Gasteiger partial charge in [0.2, 0.25) is 5.91 Å². The molecule has 1 N–H and O–H groups in total. The van der Waals surface area contributed by atoms with Crippen LogP contribution < -0.4 is 5.32 Å². The first-order valence-corrected chi connectivity index (χ1v) is 11.2. The van der Waals surface area contributed by atoms with E-state index in [0.29, 0.717) is 5.75 Å². The molecule has 0 atom stereocenters. The Labute approximate surface area is 182 Å². The minimum atomic E-state index is -0.0687. The SMILES string of the molecule is Cc1ccc(NC(=O)Cc2nc(CSc3nnc(-c4ccoc4C)n3C)cs2)cc1. The van der Waals surface area contributed by atoms with Crippen molar-refractivity contribution in [3.63, 3.8) is 0 Å². The van der Waals surface area contributed by atoms with Gasteiger partial charge in [-0.1, -0.05) is 29.5 Å². The average molecular weight is 440 g/mol. The maximum absolute atomic E-state index is 12.3. The fourth-order valence-electron chi connectivity index (χ4n) is 2.91. The van der Waals surface area contributed by atoms with E-state index in [2.05, 4.69) is 20.5 Å². The molecule has 3 heterocycles. The number of hydrogen-bond acceptors (Lipinski definition) is 7. The second kappa shape index (κ2) is 8.85. The van der Waals surface area contributed by atoms with Crippen molar-refractivity contribution in [3.05, 3.63) is 64.0 Å². The summed E-state index contributed by atoms with van der Waals surface area (Å²) in [7, 11) is 1.94. The Morgan fingerprint density at radius 2 is 2.00 bits per heavy atom. The van der Waals surface area contributed by atoms with Gasteiger partial charge in [-0.2, -0.15) is 0 Å². The van der Waals surface area contributed by atoms with E-state index in [-0.39, 0.29) is 12.3 Å². The minimum absolute atomic E-state index is 0.0687. The van der Waals surface area contributed by atoms with E-state index in [1.807, 2.05) is 61.2 Å². The molecule has 0 fully saturated rings. The van der Waals surface area contributed by atoms with Gasteiger partial charge in [0, 0.05) is 23.9 Å². The molecule has 0 aliphatic heterocycles. The third-order valence-corrected chi connectivity index (χ3v) is 6.48. The van der Waals surface area contributed by atoms with Crippen molar-refractivity contribution in [1.29, 1.82) is 0 Å². The van der Waals surface area contributed by atoms with Gasteiger partial charge in [0.15, 0.2) is 11.0 Å². The predicted octanol–water partition coefficient (Wildman–Crippen LogP) is 4.62. The fourth-order valence-corrected chi connectivity index (χ4v) is 4.61. The average Bonchev–Trinajstić information content (AvgIpc) is 3.43. The smallest absolute Gasteiger partial charge is 0.231 e. The van der Waals surface area contributed by atoms with Gasteiger partial charge in [0.1, 0.15) is 10.8 Å². The number of nitrogens with one attached hydrogen (secondary N) is 1. The Hall–Kier alpha value is -2.91. The van der Waals surface area contributed by atoms with Gasteiger partial charge in [0.25, 0.3) is 0 Å². The fraction of sp³-hybridized carbons (Fsp3) is 0.238. The number of thioether (sulfide) groups is 1. The number of carbonyl (C=O) groups is 1. The maximum Gasteiger partial charge on any atom is 0.231 e. The molecule has 0 radical (unpaired) electrons. The summed E-state index contributed by atoms with van der Waals surface area (Å²) < 4.78 is 7.31. The lowest BCUT2D eigenvalue weighted by Gasteiger charge is -2.04. The molecule has 4 aromatic rings. The van der Waals surface area contributed by atoms with Crippen molar-refractivity contribution in [3.8, 4) is 11.4 Å². The molecule has 7 nitrogen and oxygen atoms in total. The van der Waals surface area contributed by atoms with Gasteiger partial charge in [-0.25, -0.2) is 4.98 Å². The molecule has 0 saturated carbocycles. The molecule has 154 valence electrons.